The van der Waals surface area contributed by atoms with Crippen LogP contribution in [0.2, 0.25) is 0 Å². The molecule has 0 radical (unpaired) electrons. The molecular weight excluding hydrogens is 246 g/mol. The van der Waals surface area contributed by atoms with Crippen LogP contribution in [0.1, 0.15) is 23.6 Å². The molecule has 0 aliphatic heterocycles. The van der Waals surface area contributed by atoms with Gasteiger partial charge in [0.15, 0.2) is 0 Å². The Balaban J connectivity index is 1.94. The summed E-state index contributed by atoms with van der Waals surface area (Å²) in [4.78, 5) is 12.0. The first-order chi connectivity index (χ1) is 9.65. The van der Waals surface area contributed by atoms with Gasteiger partial charge in [-0.05, 0) is 31.1 Å². The zero-order valence-electron chi connectivity index (χ0n) is 11.9. The Bertz CT molecular complexity index is 597. The molecule has 0 fully saturated rings. The number of carbonyl (C=O) groups is 1. The summed E-state index contributed by atoms with van der Waals surface area (Å²) in [7, 11) is 0. The lowest BCUT2D eigenvalue weighted by Crippen LogP contribution is -2.23. The van der Waals surface area contributed by atoms with E-state index in [-0.39, 0.29) is 5.91 Å². The molecule has 0 spiro atoms. The third-order valence-electron chi connectivity index (χ3n) is 3.11. The molecule has 1 amide bonds. The SMILES string of the molecule is CC(=Cc1ccccc1)C(=O)NCc1ccc(C)cc1. The first-order valence-corrected chi connectivity index (χ1v) is 6.72. The first-order valence-electron chi connectivity index (χ1n) is 6.72. The lowest BCUT2D eigenvalue weighted by Gasteiger charge is -2.06. The Kier molecular flexibility index (Phi) is 4.72. The number of amides is 1. The van der Waals surface area contributed by atoms with Gasteiger partial charge in [-0.2, -0.15) is 0 Å². The van der Waals surface area contributed by atoms with Crippen molar-refractivity contribution in [1.29, 1.82) is 0 Å². The van der Waals surface area contributed by atoms with E-state index in [1.54, 1.807) is 0 Å². The Hall–Kier alpha value is -2.35. The second-order valence-electron chi connectivity index (χ2n) is 4.91. The van der Waals surface area contributed by atoms with Crippen LogP contribution in [0.4, 0.5) is 0 Å². The minimum atomic E-state index is -0.0329. The number of hydrogen-bond donors (Lipinski definition) is 1. The molecule has 0 bridgehead atoms. The third-order valence-corrected chi connectivity index (χ3v) is 3.11. The second-order valence-corrected chi connectivity index (χ2v) is 4.91. The Morgan fingerprint density at radius 2 is 1.70 bits per heavy atom. The molecule has 0 atom stereocenters. The van der Waals surface area contributed by atoms with Crippen molar-refractivity contribution < 1.29 is 4.79 Å². The van der Waals surface area contributed by atoms with Crippen molar-refractivity contribution in [2.24, 2.45) is 0 Å². The topological polar surface area (TPSA) is 29.1 Å². The molecule has 0 aliphatic rings. The van der Waals surface area contributed by atoms with Gasteiger partial charge >= 0.3 is 0 Å². The average molecular weight is 265 g/mol. The van der Waals surface area contributed by atoms with Gasteiger partial charge < -0.3 is 5.32 Å². The molecule has 2 aromatic carbocycles. The van der Waals surface area contributed by atoms with Crippen LogP contribution in [0.3, 0.4) is 0 Å². The Morgan fingerprint density at radius 3 is 2.35 bits per heavy atom. The predicted octanol–water partition coefficient (Wildman–Crippen LogP) is 3.71. The number of hydrogen-bond acceptors (Lipinski definition) is 1. The van der Waals surface area contributed by atoms with Crippen molar-refractivity contribution in [3.8, 4) is 0 Å². The maximum atomic E-state index is 12.0. The van der Waals surface area contributed by atoms with E-state index in [0.29, 0.717) is 12.1 Å². The predicted molar refractivity (Wildman–Crippen MR) is 83.1 cm³/mol. The van der Waals surface area contributed by atoms with Crippen molar-refractivity contribution >= 4 is 12.0 Å². The second kappa shape index (κ2) is 6.71. The highest BCUT2D eigenvalue weighted by atomic mass is 16.1. The van der Waals surface area contributed by atoms with Gasteiger partial charge in [-0.25, -0.2) is 0 Å². The lowest BCUT2D eigenvalue weighted by molar-refractivity contribution is -0.117. The largest absolute Gasteiger partial charge is 0.348 e. The lowest BCUT2D eigenvalue weighted by atomic mass is 10.1. The fourth-order valence-corrected chi connectivity index (χ4v) is 1.89. The van der Waals surface area contributed by atoms with Crippen LogP contribution in [-0.2, 0) is 11.3 Å². The van der Waals surface area contributed by atoms with Crippen LogP contribution in [0.5, 0.6) is 0 Å². The zero-order chi connectivity index (χ0) is 14.4. The Labute approximate surface area is 120 Å². The summed E-state index contributed by atoms with van der Waals surface area (Å²) in [5, 5.41) is 2.93. The molecule has 2 nitrogen and oxygen atoms in total. The highest BCUT2D eigenvalue weighted by Gasteiger charge is 2.03. The molecule has 102 valence electrons. The Morgan fingerprint density at radius 1 is 1.05 bits per heavy atom. The monoisotopic (exact) mass is 265 g/mol. The van der Waals surface area contributed by atoms with E-state index in [1.165, 1.54) is 5.56 Å². The van der Waals surface area contributed by atoms with E-state index < -0.39 is 0 Å². The van der Waals surface area contributed by atoms with Gasteiger partial charge in [0.2, 0.25) is 5.91 Å². The molecule has 1 N–H and O–H groups in total. The minimum Gasteiger partial charge on any atom is -0.348 e. The van der Waals surface area contributed by atoms with Gasteiger partial charge in [0.1, 0.15) is 0 Å². The summed E-state index contributed by atoms with van der Waals surface area (Å²) in [5.41, 5.74) is 4.08. The number of nitrogens with one attached hydrogen (secondary N) is 1. The van der Waals surface area contributed by atoms with Crippen LogP contribution in [0.15, 0.2) is 60.2 Å². The first kappa shape index (κ1) is 14.1. The molecule has 2 heteroatoms. The van der Waals surface area contributed by atoms with E-state index in [0.717, 1.165) is 11.1 Å². The van der Waals surface area contributed by atoms with Crippen LogP contribution in [-0.4, -0.2) is 5.91 Å². The summed E-state index contributed by atoms with van der Waals surface area (Å²) < 4.78 is 0. The maximum Gasteiger partial charge on any atom is 0.247 e. The molecule has 0 saturated heterocycles. The average Bonchev–Trinajstić information content (AvgIpc) is 2.47. The summed E-state index contributed by atoms with van der Waals surface area (Å²) >= 11 is 0. The number of benzene rings is 2. The molecule has 20 heavy (non-hydrogen) atoms. The highest BCUT2D eigenvalue weighted by Crippen LogP contribution is 2.07. The maximum absolute atomic E-state index is 12.0. The molecule has 0 aromatic heterocycles. The van der Waals surface area contributed by atoms with E-state index in [2.05, 4.69) is 12.2 Å². The van der Waals surface area contributed by atoms with Gasteiger partial charge in [0.05, 0.1) is 0 Å². The van der Waals surface area contributed by atoms with Gasteiger partial charge in [-0.15, -0.1) is 0 Å². The number of carbonyl (C=O) groups excluding carboxylic acids is 1. The molecule has 0 aliphatic carbocycles. The zero-order valence-corrected chi connectivity index (χ0v) is 11.9. The molecule has 2 aromatic rings. The van der Waals surface area contributed by atoms with Crippen molar-refractivity contribution in [1.82, 2.24) is 5.32 Å². The van der Waals surface area contributed by atoms with Gasteiger partial charge in [-0.1, -0.05) is 60.2 Å². The van der Waals surface area contributed by atoms with Crippen LogP contribution in [0.25, 0.3) is 6.08 Å². The van der Waals surface area contributed by atoms with E-state index in [1.807, 2.05) is 67.6 Å². The fraction of sp³-hybridized carbons (Fsp3) is 0.167. The van der Waals surface area contributed by atoms with Gasteiger partial charge in [0.25, 0.3) is 0 Å². The van der Waals surface area contributed by atoms with E-state index in [4.69, 9.17) is 0 Å². The summed E-state index contributed by atoms with van der Waals surface area (Å²) in [5.74, 6) is -0.0329. The fourth-order valence-electron chi connectivity index (χ4n) is 1.89. The van der Waals surface area contributed by atoms with Gasteiger partial charge in [-0.3, -0.25) is 4.79 Å². The standard InChI is InChI=1S/C18H19NO/c1-14-8-10-17(11-9-14)13-19-18(20)15(2)12-16-6-4-3-5-7-16/h3-12H,13H2,1-2H3,(H,19,20). The molecule has 0 unspecified atom stereocenters. The van der Waals surface area contributed by atoms with Crippen LogP contribution in [0, 0.1) is 6.92 Å². The summed E-state index contributed by atoms with van der Waals surface area (Å²) in [6, 6.07) is 18.0. The number of aryl methyl sites for hydroxylation is 1. The van der Waals surface area contributed by atoms with Crippen LogP contribution >= 0.6 is 0 Å². The smallest absolute Gasteiger partial charge is 0.247 e. The quantitative estimate of drug-likeness (QED) is 0.839. The van der Waals surface area contributed by atoms with Crippen LogP contribution < -0.4 is 5.32 Å². The van der Waals surface area contributed by atoms with Crippen molar-refractivity contribution in [3.05, 3.63) is 76.9 Å². The van der Waals surface area contributed by atoms with Crippen molar-refractivity contribution in [2.75, 3.05) is 0 Å². The molecule has 2 rings (SSSR count). The molecule has 0 saturated carbocycles. The van der Waals surface area contributed by atoms with E-state index >= 15 is 0 Å². The molecule has 0 heterocycles. The minimum absolute atomic E-state index is 0.0329. The number of rotatable bonds is 4. The summed E-state index contributed by atoms with van der Waals surface area (Å²) in [6.07, 6.45) is 1.89. The van der Waals surface area contributed by atoms with Gasteiger partial charge in [0, 0.05) is 12.1 Å². The van der Waals surface area contributed by atoms with Crippen molar-refractivity contribution in [3.63, 3.8) is 0 Å². The summed E-state index contributed by atoms with van der Waals surface area (Å²) in [6.45, 7) is 4.44. The van der Waals surface area contributed by atoms with Crippen molar-refractivity contribution in [2.45, 2.75) is 20.4 Å². The highest BCUT2D eigenvalue weighted by molar-refractivity contribution is 5.97. The van der Waals surface area contributed by atoms with E-state index in [9.17, 15) is 4.79 Å². The molecular formula is C18H19NO. The normalized spacial score (nSPS) is 11.2. The third kappa shape index (κ3) is 4.09.